The van der Waals surface area contributed by atoms with Crippen LogP contribution in [0.15, 0.2) is 88.5 Å². The SMILES string of the molecule is COc1cc([C@H](C[N+](=O)[O-])Sc2nnc(C)n2-c2ccc(F)cc2)cc(Br)c1OCc1cccc2ccccc12. The first kappa shape index (κ1) is 27.6. The number of ether oxygens (including phenoxy) is 2. The highest BCUT2D eigenvalue weighted by atomic mass is 79.9. The number of nitro groups is 1. The molecule has 40 heavy (non-hydrogen) atoms. The Bertz CT molecular complexity index is 1670. The minimum Gasteiger partial charge on any atom is -0.493 e. The summed E-state index contributed by atoms with van der Waals surface area (Å²) in [5.41, 5.74) is 2.32. The lowest BCUT2D eigenvalue weighted by atomic mass is 10.1. The molecule has 0 bridgehead atoms. The molecule has 5 rings (SSSR count). The highest BCUT2D eigenvalue weighted by molar-refractivity contribution is 9.10. The molecule has 1 aromatic heterocycles. The van der Waals surface area contributed by atoms with Crippen molar-refractivity contribution in [1.82, 2.24) is 14.8 Å². The second-order valence-corrected chi connectivity index (χ2v) is 10.9. The Balaban J connectivity index is 1.45. The van der Waals surface area contributed by atoms with Gasteiger partial charge in [0.25, 0.3) is 0 Å². The predicted molar refractivity (Wildman–Crippen MR) is 155 cm³/mol. The lowest BCUT2D eigenvalue weighted by molar-refractivity contribution is -0.479. The number of benzene rings is 4. The molecule has 11 heteroatoms. The number of thioether (sulfide) groups is 1. The molecular weight excluding hydrogens is 599 g/mol. The van der Waals surface area contributed by atoms with E-state index in [0.717, 1.165) is 16.3 Å². The molecule has 5 aromatic rings. The number of halogens is 2. The fourth-order valence-electron chi connectivity index (χ4n) is 4.41. The van der Waals surface area contributed by atoms with Gasteiger partial charge < -0.3 is 9.47 Å². The summed E-state index contributed by atoms with van der Waals surface area (Å²) in [5, 5.41) is 22.1. The molecule has 1 atom stereocenters. The van der Waals surface area contributed by atoms with Crippen LogP contribution in [0.2, 0.25) is 0 Å². The number of nitrogens with zero attached hydrogens (tertiary/aromatic N) is 4. The van der Waals surface area contributed by atoms with Gasteiger partial charge >= 0.3 is 0 Å². The number of aromatic nitrogens is 3. The van der Waals surface area contributed by atoms with Crippen LogP contribution in [0, 0.1) is 22.9 Å². The van der Waals surface area contributed by atoms with Crippen molar-refractivity contribution >= 4 is 38.5 Å². The van der Waals surface area contributed by atoms with Crippen molar-refractivity contribution in [3.8, 4) is 17.2 Å². The van der Waals surface area contributed by atoms with Crippen LogP contribution in [-0.4, -0.2) is 33.3 Å². The van der Waals surface area contributed by atoms with Crippen molar-refractivity contribution in [2.75, 3.05) is 13.7 Å². The zero-order valence-corrected chi connectivity index (χ0v) is 24.0. The van der Waals surface area contributed by atoms with Gasteiger partial charge in [0.2, 0.25) is 6.54 Å². The third kappa shape index (κ3) is 5.95. The topological polar surface area (TPSA) is 92.3 Å². The van der Waals surface area contributed by atoms with E-state index in [2.05, 4.69) is 44.3 Å². The van der Waals surface area contributed by atoms with Crippen LogP contribution in [0.5, 0.6) is 11.5 Å². The Labute approximate surface area is 242 Å². The van der Waals surface area contributed by atoms with Crippen molar-refractivity contribution in [2.45, 2.75) is 23.9 Å². The Morgan fingerprint density at radius 1 is 1.07 bits per heavy atom. The van der Waals surface area contributed by atoms with E-state index in [4.69, 9.17) is 9.47 Å². The first-order valence-electron chi connectivity index (χ1n) is 12.3. The molecule has 0 radical (unpaired) electrons. The number of rotatable bonds is 10. The molecule has 0 fully saturated rings. The fraction of sp³-hybridized carbons (Fsp3) is 0.172. The van der Waals surface area contributed by atoms with Gasteiger partial charge in [-0.05, 0) is 81.2 Å². The van der Waals surface area contributed by atoms with Crippen LogP contribution in [0.4, 0.5) is 4.39 Å². The number of hydrogen-bond donors (Lipinski definition) is 0. The minimum atomic E-state index is -0.630. The van der Waals surface area contributed by atoms with E-state index in [-0.39, 0.29) is 17.3 Å². The van der Waals surface area contributed by atoms with Crippen molar-refractivity contribution < 1.29 is 18.8 Å². The van der Waals surface area contributed by atoms with E-state index in [1.54, 1.807) is 35.8 Å². The van der Waals surface area contributed by atoms with Gasteiger partial charge in [-0.1, -0.05) is 54.2 Å². The Hall–Kier alpha value is -3.96. The van der Waals surface area contributed by atoms with Gasteiger partial charge in [0.05, 0.1) is 11.6 Å². The van der Waals surface area contributed by atoms with Gasteiger partial charge in [-0.15, -0.1) is 10.2 Å². The third-order valence-electron chi connectivity index (χ3n) is 6.32. The first-order chi connectivity index (χ1) is 19.3. The van der Waals surface area contributed by atoms with E-state index in [0.29, 0.717) is 44.8 Å². The van der Waals surface area contributed by atoms with Gasteiger partial charge in [0, 0.05) is 10.6 Å². The quantitative estimate of drug-likeness (QED) is 0.0914. The predicted octanol–water partition coefficient (Wildman–Crippen LogP) is 7.33. The summed E-state index contributed by atoms with van der Waals surface area (Å²) in [6, 6.07) is 23.6. The van der Waals surface area contributed by atoms with Crippen LogP contribution < -0.4 is 9.47 Å². The molecule has 0 aliphatic carbocycles. The highest BCUT2D eigenvalue weighted by Gasteiger charge is 2.26. The lowest BCUT2D eigenvalue weighted by Gasteiger charge is -2.18. The largest absolute Gasteiger partial charge is 0.493 e. The standard InChI is InChI=1S/C29H24BrFN4O4S/c1-18-32-33-29(35(18)23-12-10-22(31)11-13-23)40-27(16-34(36)37)21-14-25(30)28(26(15-21)38-2)39-17-20-8-5-7-19-6-3-4-9-24(19)20/h3-15,27H,16-17H2,1-2H3/t27-/m0/s1. The number of hydrogen-bond acceptors (Lipinski definition) is 7. The van der Waals surface area contributed by atoms with Crippen LogP contribution in [0.3, 0.4) is 0 Å². The summed E-state index contributed by atoms with van der Waals surface area (Å²) in [7, 11) is 1.53. The Morgan fingerprint density at radius 3 is 2.58 bits per heavy atom. The zero-order valence-electron chi connectivity index (χ0n) is 21.6. The van der Waals surface area contributed by atoms with Gasteiger partial charge in [0.15, 0.2) is 16.7 Å². The van der Waals surface area contributed by atoms with Gasteiger partial charge in [-0.3, -0.25) is 14.7 Å². The molecule has 8 nitrogen and oxygen atoms in total. The average molecular weight is 624 g/mol. The van der Waals surface area contributed by atoms with Gasteiger partial charge in [-0.25, -0.2) is 4.39 Å². The molecule has 204 valence electrons. The zero-order chi connectivity index (χ0) is 28.2. The second kappa shape index (κ2) is 12.1. The van der Waals surface area contributed by atoms with Gasteiger partial charge in [-0.2, -0.15) is 0 Å². The maximum atomic E-state index is 13.5. The number of aryl methyl sites for hydroxylation is 1. The third-order valence-corrected chi connectivity index (χ3v) is 8.09. The van der Waals surface area contributed by atoms with Crippen molar-refractivity contribution in [1.29, 1.82) is 0 Å². The monoisotopic (exact) mass is 622 g/mol. The summed E-state index contributed by atoms with van der Waals surface area (Å²) < 4.78 is 27.7. The van der Waals surface area contributed by atoms with Crippen LogP contribution >= 0.6 is 27.7 Å². The maximum Gasteiger partial charge on any atom is 0.220 e. The first-order valence-corrected chi connectivity index (χ1v) is 13.9. The molecule has 1 heterocycles. The molecule has 0 spiro atoms. The summed E-state index contributed by atoms with van der Waals surface area (Å²) in [6.07, 6.45) is 0. The van der Waals surface area contributed by atoms with Crippen LogP contribution in [0.1, 0.15) is 22.2 Å². The van der Waals surface area contributed by atoms with E-state index >= 15 is 0 Å². The van der Waals surface area contributed by atoms with E-state index in [1.165, 1.54) is 31.0 Å². The summed E-state index contributed by atoms with van der Waals surface area (Å²) in [6.45, 7) is 1.71. The summed E-state index contributed by atoms with van der Waals surface area (Å²) >= 11 is 4.79. The smallest absolute Gasteiger partial charge is 0.220 e. The van der Waals surface area contributed by atoms with E-state index in [1.807, 2.05) is 24.3 Å². The molecule has 0 N–H and O–H groups in total. The van der Waals surface area contributed by atoms with Gasteiger partial charge in [0.1, 0.15) is 23.5 Å². The lowest BCUT2D eigenvalue weighted by Crippen LogP contribution is -2.12. The molecule has 0 unspecified atom stereocenters. The Kier molecular flexibility index (Phi) is 8.32. The molecule has 0 amide bonds. The Morgan fingerprint density at radius 2 is 1.82 bits per heavy atom. The molecule has 0 saturated carbocycles. The van der Waals surface area contributed by atoms with Crippen molar-refractivity contribution in [2.24, 2.45) is 0 Å². The molecular formula is C29H24BrFN4O4S. The van der Waals surface area contributed by atoms with Crippen molar-refractivity contribution in [3.63, 3.8) is 0 Å². The highest BCUT2D eigenvalue weighted by Crippen LogP contribution is 2.43. The van der Waals surface area contributed by atoms with Crippen molar-refractivity contribution in [3.05, 3.63) is 116 Å². The van der Waals surface area contributed by atoms with E-state index in [9.17, 15) is 14.5 Å². The number of fused-ring (bicyclic) bond motifs is 1. The minimum absolute atomic E-state index is 0.308. The fourth-order valence-corrected chi connectivity index (χ4v) is 6.14. The molecule has 4 aromatic carbocycles. The maximum absolute atomic E-state index is 13.5. The van der Waals surface area contributed by atoms with Crippen LogP contribution in [-0.2, 0) is 6.61 Å². The summed E-state index contributed by atoms with van der Waals surface area (Å²) in [4.78, 5) is 11.3. The molecule has 0 aliphatic heterocycles. The van der Waals surface area contributed by atoms with E-state index < -0.39 is 5.25 Å². The van der Waals surface area contributed by atoms with Crippen LogP contribution in [0.25, 0.3) is 16.5 Å². The summed E-state index contributed by atoms with van der Waals surface area (Å²) in [5.74, 6) is 1.14. The average Bonchev–Trinajstić information content (AvgIpc) is 3.31. The molecule has 0 saturated heterocycles. The normalized spacial score (nSPS) is 11.9. The number of methoxy groups -OCH3 is 1. The second-order valence-electron chi connectivity index (χ2n) is 8.92. The molecule has 0 aliphatic rings.